The topological polar surface area (TPSA) is 93.0 Å². The average Bonchev–Trinajstić information content (AvgIpc) is 2.61. The lowest BCUT2D eigenvalue weighted by Crippen LogP contribution is -2.08. The molecule has 0 spiro atoms. The molecule has 26 heavy (non-hydrogen) atoms. The smallest absolute Gasteiger partial charge is 0.353 e. The number of halogens is 1. The zero-order chi connectivity index (χ0) is 18.5. The van der Waals surface area contributed by atoms with E-state index in [1.807, 2.05) is 31.2 Å². The molecule has 0 atom stereocenters. The molecule has 3 rings (SSSR count). The largest absolute Gasteiger partial charge is 0.360 e. The van der Waals surface area contributed by atoms with Crippen LogP contribution in [0.1, 0.15) is 11.1 Å². The van der Waals surface area contributed by atoms with Crippen LogP contribution >= 0.6 is 11.6 Å². The van der Waals surface area contributed by atoms with Gasteiger partial charge in [0.15, 0.2) is 0 Å². The van der Waals surface area contributed by atoms with E-state index in [4.69, 9.17) is 11.6 Å². The van der Waals surface area contributed by atoms with E-state index in [-0.39, 0.29) is 17.3 Å². The number of nitrogens with zero attached hydrogens (tertiary/aromatic N) is 3. The second-order valence-corrected chi connectivity index (χ2v) is 6.09. The van der Waals surface area contributed by atoms with Crippen LogP contribution in [0.5, 0.6) is 0 Å². The van der Waals surface area contributed by atoms with Gasteiger partial charge in [-0.1, -0.05) is 47.5 Å². The van der Waals surface area contributed by atoms with Crippen molar-refractivity contribution in [2.75, 3.05) is 10.6 Å². The van der Waals surface area contributed by atoms with Crippen LogP contribution in [-0.4, -0.2) is 14.9 Å². The van der Waals surface area contributed by atoms with Crippen molar-refractivity contribution in [3.63, 3.8) is 0 Å². The average molecular weight is 370 g/mol. The first kappa shape index (κ1) is 17.6. The summed E-state index contributed by atoms with van der Waals surface area (Å²) in [5.41, 5.74) is 2.52. The second-order valence-electron chi connectivity index (χ2n) is 5.65. The molecule has 0 fully saturated rings. The van der Waals surface area contributed by atoms with E-state index in [0.29, 0.717) is 17.3 Å². The third-order valence-electron chi connectivity index (χ3n) is 3.67. The Labute approximate surface area is 155 Å². The number of rotatable bonds is 6. The van der Waals surface area contributed by atoms with Crippen molar-refractivity contribution in [2.24, 2.45) is 0 Å². The first-order valence-electron chi connectivity index (χ1n) is 7.84. The van der Waals surface area contributed by atoms with Gasteiger partial charge in [0, 0.05) is 17.3 Å². The van der Waals surface area contributed by atoms with Crippen LogP contribution in [0, 0.1) is 17.0 Å². The third-order valence-corrected chi connectivity index (χ3v) is 3.91. The molecule has 0 aliphatic carbocycles. The van der Waals surface area contributed by atoms with E-state index in [0.717, 1.165) is 11.1 Å². The summed E-state index contributed by atoms with van der Waals surface area (Å²) in [6, 6.07) is 14.8. The Morgan fingerprint density at radius 2 is 1.85 bits per heavy atom. The molecule has 132 valence electrons. The normalized spacial score (nSPS) is 10.4. The SMILES string of the molecule is Cc1ccc(CNc2ncnc(Nc3cccc(Cl)c3)c2[N+](=O)[O-])cc1. The number of anilines is 3. The van der Waals surface area contributed by atoms with Gasteiger partial charge in [0.05, 0.1) is 4.92 Å². The van der Waals surface area contributed by atoms with E-state index < -0.39 is 4.92 Å². The minimum atomic E-state index is -0.510. The van der Waals surface area contributed by atoms with Crippen LogP contribution < -0.4 is 10.6 Å². The van der Waals surface area contributed by atoms with Crippen LogP contribution in [0.3, 0.4) is 0 Å². The maximum atomic E-state index is 11.6. The molecule has 2 aromatic carbocycles. The maximum absolute atomic E-state index is 11.6. The third kappa shape index (κ3) is 4.25. The first-order chi connectivity index (χ1) is 12.5. The van der Waals surface area contributed by atoms with Crippen molar-refractivity contribution >= 4 is 34.6 Å². The lowest BCUT2D eigenvalue weighted by Gasteiger charge is -2.10. The predicted octanol–water partition coefficient (Wildman–Crippen LogP) is 4.70. The maximum Gasteiger partial charge on any atom is 0.353 e. The molecule has 0 saturated heterocycles. The molecule has 3 aromatic rings. The zero-order valence-electron chi connectivity index (χ0n) is 13.9. The summed E-state index contributed by atoms with van der Waals surface area (Å²) >= 11 is 5.95. The molecule has 0 saturated carbocycles. The van der Waals surface area contributed by atoms with Gasteiger partial charge in [0.25, 0.3) is 0 Å². The van der Waals surface area contributed by atoms with Crippen LogP contribution in [0.2, 0.25) is 5.02 Å². The first-order valence-corrected chi connectivity index (χ1v) is 8.22. The fraction of sp³-hybridized carbons (Fsp3) is 0.111. The summed E-state index contributed by atoms with van der Waals surface area (Å²) in [5, 5.41) is 18.0. The molecule has 0 aliphatic heterocycles. The van der Waals surface area contributed by atoms with Gasteiger partial charge in [0.2, 0.25) is 11.6 Å². The highest BCUT2D eigenvalue weighted by Crippen LogP contribution is 2.31. The summed E-state index contributed by atoms with van der Waals surface area (Å²) < 4.78 is 0. The van der Waals surface area contributed by atoms with E-state index in [9.17, 15) is 10.1 Å². The van der Waals surface area contributed by atoms with E-state index in [1.165, 1.54) is 6.33 Å². The Morgan fingerprint density at radius 3 is 2.54 bits per heavy atom. The number of hydrogen-bond donors (Lipinski definition) is 2. The van der Waals surface area contributed by atoms with Gasteiger partial charge in [-0.2, -0.15) is 0 Å². The van der Waals surface area contributed by atoms with Gasteiger partial charge < -0.3 is 10.6 Å². The fourth-order valence-electron chi connectivity index (χ4n) is 2.37. The molecule has 0 radical (unpaired) electrons. The highest BCUT2D eigenvalue weighted by molar-refractivity contribution is 6.30. The molecule has 1 heterocycles. The van der Waals surface area contributed by atoms with Gasteiger partial charge in [-0.15, -0.1) is 0 Å². The van der Waals surface area contributed by atoms with Crippen LogP contribution in [0.15, 0.2) is 54.9 Å². The van der Waals surface area contributed by atoms with Crippen LogP contribution in [-0.2, 0) is 6.54 Å². The van der Waals surface area contributed by atoms with Gasteiger partial charge in [-0.05, 0) is 30.7 Å². The monoisotopic (exact) mass is 369 g/mol. The Hall–Kier alpha value is -3.19. The minimum absolute atomic E-state index is 0.0960. The Morgan fingerprint density at radius 1 is 1.12 bits per heavy atom. The summed E-state index contributed by atoms with van der Waals surface area (Å²) in [7, 11) is 0. The highest BCUT2D eigenvalue weighted by atomic mass is 35.5. The molecule has 0 aliphatic rings. The van der Waals surface area contributed by atoms with Gasteiger partial charge >= 0.3 is 5.69 Å². The minimum Gasteiger partial charge on any atom is -0.360 e. The molecule has 2 N–H and O–H groups in total. The molecule has 8 heteroatoms. The molecular weight excluding hydrogens is 354 g/mol. The number of nitro groups is 1. The number of hydrogen-bond acceptors (Lipinski definition) is 6. The molecule has 0 unspecified atom stereocenters. The van der Waals surface area contributed by atoms with Gasteiger partial charge in [0.1, 0.15) is 6.33 Å². The number of aryl methyl sites for hydroxylation is 1. The standard InChI is InChI=1S/C18H16ClN5O2/c1-12-5-7-13(8-6-12)10-20-17-16(24(25)26)18(22-11-21-17)23-15-4-2-3-14(19)9-15/h2-9,11H,10H2,1H3,(H2,20,21,22,23). The van der Waals surface area contributed by atoms with Gasteiger partial charge in [-0.3, -0.25) is 10.1 Å². The molecule has 0 bridgehead atoms. The van der Waals surface area contributed by atoms with E-state index in [1.54, 1.807) is 24.3 Å². The lowest BCUT2D eigenvalue weighted by molar-refractivity contribution is -0.383. The quantitative estimate of drug-likeness (QED) is 0.483. The molecule has 1 aromatic heterocycles. The van der Waals surface area contributed by atoms with Crippen molar-refractivity contribution in [1.82, 2.24) is 9.97 Å². The van der Waals surface area contributed by atoms with Crippen LogP contribution in [0.4, 0.5) is 23.0 Å². The zero-order valence-corrected chi connectivity index (χ0v) is 14.7. The predicted molar refractivity (Wildman–Crippen MR) is 102 cm³/mol. The van der Waals surface area contributed by atoms with Crippen molar-refractivity contribution in [3.8, 4) is 0 Å². The second kappa shape index (κ2) is 7.79. The molecule has 0 amide bonds. The summed E-state index contributed by atoms with van der Waals surface area (Å²) in [6.45, 7) is 2.41. The van der Waals surface area contributed by atoms with Crippen molar-refractivity contribution < 1.29 is 4.92 Å². The number of nitrogens with one attached hydrogen (secondary N) is 2. The summed E-state index contributed by atoms with van der Waals surface area (Å²) in [6.07, 6.45) is 1.28. The van der Waals surface area contributed by atoms with E-state index in [2.05, 4.69) is 20.6 Å². The van der Waals surface area contributed by atoms with Gasteiger partial charge in [-0.25, -0.2) is 9.97 Å². The number of benzene rings is 2. The highest BCUT2D eigenvalue weighted by Gasteiger charge is 2.23. The summed E-state index contributed by atoms with van der Waals surface area (Å²) in [5.74, 6) is 0.244. The Balaban J connectivity index is 1.85. The Bertz CT molecular complexity index is 931. The van der Waals surface area contributed by atoms with Crippen molar-refractivity contribution in [3.05, 3.63) is 81.1 Å². The molecule has 7 nitrogen and oxygen atoms in total. The fourth-order valence-corrected chi connectivity index (χ4v) is 2.56. The lowest BCUT2D eigenvalue weighted by atomic mass is 10.1. The van der Waals surface area contributed by atoms with Crippen molar-refractivity contribution in [2.45, 2.75) is 13.5 Å². The summed E-state index contributed by atoms with van der Waals surface area (Å²) in [4.78, 5) is 19.1. The van der Waals surface area contributed by atoms with Crippen molar-refractivity contribution in [1.29, 1.82) is 0 Å². The Kier molecular flexibility index (Phi) is 5.28. The molecular formula is C18H16ClN5O2. The van der Waals surface area contributed by atoms with E-state index >= 15 is 0 Å². The number of aromatic nitrogens is 2. The van der Waals surface area contributed by atoms with Crippen LogP contribution in [0.25, 0.3) is 0 Å².